The number of hydrogen-bond donors (Lipinski definition) is 1. The van der Waals surface area contributed by atoms with Gasteiger partial charge in [-0.15, -0.1) is 0 Å². The van der Waals surface area contributed by atoms with Gasteiger partial charge in [0.1, 0.15) is 6.10 Å². The molecular weight excluding hydrogens is 440 g/mol. The number of ether oxygens (including phenoxy) is 1. The standard InChI is InChI=1S/C26H25F2N3O3/c1-15-21(23-16(2)34-24(33)25(23,31-17(3)32)14-26(15,27)28)11-10-20-9-8-19(13-30-20)22-7-5-4-6-18(22)12-29/h4-11,13,15-16,21,23H,14H2,1-3H3,(H,31,32)/b11-10+/t15-,16+,21-,23-,25-/m0/s1. The highest BCUT2D eigenvalue weighted by atomic mass is 19.3. The predicted octanol–water partition coefficient (Wildman–Crippen LogP) is 4.36. The minimum absolute atomic E-state index is 0.528. The van der Waals surface area contributed by atoms with Crippen LogP contribution in [0.4, 0.5) is 8.78 Å². The number of aromatic nitrogens is 1. The Morgan fingerprint density at radius 3 is 2.65 bits per heavy atom. The smallest absolute Gasteiger partial charge is 0.332 e. The predicted molar refractivity (Wildman–Crippen MR) is 121 cm³/mol. The quantitative estimate of drug-likeness (QED) is 0.678. The maximum absolute atomic E-state index is 15.1. The van der Waals surface area contributed by atoms with Gasteiger partial charge < -0.3 is 10.1 Å². The van der Waals surface area contributed by atoms with Crippen molar-refractivity contribution >= 4 is 18.0 Å². The molecule has 0 bridgehead atoms. The fraction of sp³-hybridized carbons (Fsp3) is 0.385. The average molecular weight is 466 g/mol. The highest BCUT2D eigenvalue weighted by Gasteiger charge is 2.68. The van der Waals surface area contributed by atoms with Crippen LogP contribution in [0.3, 0.4) is 0 Å². The fourth-order valence-corrected chi connectivity index (χ4v) is 5.33. The number of nitriles is 1. The second kappa shape index (κ2) is 8.64. The molecule has 1 aromatic carbocycles. The van der Waals surface area contributed by atoms with Crippen molar-refractivity contribution in [3.05, 3.63) is 59.9 Å². The molecule has 1 amide bonds. The van der Waals surface area contributed by atoms with Crippen LogP contribution in [0.25, 0.3) is 17.2 Å². The molecule has 1 aliphatic carbocycles. The van der Waals surface area contributed by atoms with Gasteiger partial charge in [0.2, 0.25) is 5.91 Å². The Labute approximate surface area is 196 Å². The van der Waals surface area contributed by atoms with E-state index in [4.69, 9.17) is 4.74 Å². The number of benzene rings is 1. The van der Waals surface area contributed by atoms with E-state index in [0.29, 0.717) is 11.3 Å². The molecule has 1 aliphatic heterocycles. The Bertz CT molecular complexity index is 1190. The third-order valence-corrected chi connectivity index (χ3v) is 6.94. The molecule has 8 heteroatoms. The van der Waals surface area contributed by atoms with E-state index >= 15 is 8.78 Å². The van der Waals surface area contributed by atoms with Crippen molar-refractivity contribution in [1.82, 2.24) is 10.3 Å². The van der Waals surface area contributed by atoms with E-state index in [9.17, 15) is 14.9 Å². The van der Waals surface area contributed by atoms with Crippen molar-refractivity contribution in [2.24, 2.45) is 17.8 Å². The van der Waals surface area contributed by atoms with Crippen molar-refractivity contribution in [1.29, 1.82) is 5.26 Å². The summed E-state index contributed by atoms with van der Waals surface area (Å²) in [5.41, 5.74) is 0.820. The lowest BCUT2D eigenvalue weighted by atomic mass is 9.60. The number of nitrogens with zero attached hydrogens (tertiary/aromatic N) is 2. The van der Waals surface area contributed by atoms with Gasteiger partial charge in [-0.2, -0.15) is 5.26 Å². The van der Waals surface area contributed by atoms with Crippen molar-refractivity contribution in [3.63, 3.8) is 0 Å². The SMILES string of the molecule is CC(=O)N[C@@]12CC(F)(F)[C@@H](C)[C@H](/C=C/c3ccc(-c4ccccc4C#N)cn3)[C@@H]1[C@@H](C)OC2=O. The van der Waals surface area contributed by atoms with Crippen LogP contribution in [0.2, 0.25) is 0 Å². The Morgan fingerprint density at radius 2 is 2.00 bits per heavy atom. The summed E-state index contributed by atoms with van der Waals surface area (Å²) in [7, 11) is 0. The van der Waals surface area contributed by atoms with Crippen molar-refractivity contribution < 1.29 is 23.1 Å². The number of alkyl halides is 2. The van der Waals surface area contributed by atoms with Crippen LogP contribution in [-0.2, 0) is 14.3 Å². The molecule has 176 valence electrons. The normalized spacial score (nSPS) is 29.8. The lowest BCUT2D eigenvalue weighted by Crippen LogP contribution is -2.65. The average Bonchev–Trinajstić information content (AvgIpc) is 3.02. The zero-order valence-electron chi connectivity index (χ0n) is 19.1. The number of rotatable bonds is 4. The Morgan fingerprint density at radius 1 is 1.26 bits per heavy atom. The second-order valence-electron chi connectivity index (χ2n) is 9.08. The summed E-state index contributed by atoms with van der Waals surface area (Å²) in [5.74, 6) is -7.01. The molecule has 0 unspecified atom stereocenters. The van der Waals surface area contributed by atoms with Crippen LogP contribution >= 0.6 is 0 Å². The molecule has 2 aliphatic rings. The van der Waals surface area contributed by atoms with Gasteiger partial charge in [-0.1, -0.05) is 37.3 Å². The van der Waals surface area contributed by atoms with E-state index < -0.39 is 53.6 Å². The molecule has 5 atom stereocenters. The lowest BCUT2D eigenvalue weighted by molar-refractivity contribution is -0.162. The zero-order chi connectivity index (χ0) is 24.7. The summed E-state index contributed by atoms with van der Waals surface area (Å²) in [6.45, 7) is 4.33. The number of pyridine rings is 1. The first-order valence-electron chi connectivity index (χ1n) is 11.1. The van der Waals surface area contributed by atoms with E-state index in [1.54, 1.807) is 43.5 Å². The molecule has 0 spiro atoms. The molecule has 1 saturated heterocycles. The fourth-order valence-electron chi connectivity index (χ4n) is 5.33. The molecule has 1 aromatic heterocycles. The topological polar surface area (TPSA) is 92.1 Å². The van der Waals surface area contributed by atoms with Crippen LogP contribution in [0, 0.1) is 29.1 Å². The molecule has 34 heavy (non-hydrogen) atoms. The van der Waals surface area contributed by atoms with Crippen LogP contribution < -0.4 is 5.32 Å². The number of hydrogen-bond acceptors (Lipinski definition) is 5. The number of carbonyl (C=O) groups excluding carboxylic acids is 2. The number of fused-ring (bicyclic) bond motifs is 1. The lowest BCUT2D eigenvalue weighted by Gasteiger charge is -2.47. The van der Waals surface area contributed by atoms with Crippen LogP contribution in [-0.4, -0.2) is 34.4 Å². The van der Waals surface area contributed by atoms with Gasteiger partial charge in [-0.05, 0) is 31.1 Å². The summed E-state index contributed by atoms with van der Waals surface area (Å²) < 4.78 is 35.5. The van der Waals surface area contributed by atoms with E-state index in [0.717, 1.165) is 11.1 Å². The highest BCUT2D eigenvalue weighted by Crippen LogP contribution is 2.55. The second-order valence-corrected chi connectivity index (χ2v) is 9.08. The van der Waals surface area contributed by atoms with Gasteiger partial charge in [0.15, 0.2) is 5.54 Å². The monoisotopic (exact) mass is 465 g/mol. The molecule has 2 aromatic rings. The maximum Gasteiger partial charge on any atom is 0.332 e. The van der Waals surface area contributed by atoms with Gasteiger partial charge in [0.05, 0.1) is 17.3 Å². The molecular formula is C26H25F2N3O3. The summed E-state index contributed by atoms with van der Waals surface area (Å²) >= 11 is 0. The largest absolute Gasteiger partial charge is 0.460 e. The number of allylic oxidation sites excluding steroid dienone is 1. The van der Waals surface area contributed by atoms with Crippen LogP contribution in [0.1, 0.15) is 38.4 Å². The molecule has 0 radical (unpaired) electrons. The first-order valence-corrected chi connectivity index (χ1v) is 11.1. The minimum Gasteiger partial charge on any atom is -0.460 e. The molecule has 2 fully saturated rings. The van der Waals surface area contributed by atoms with E-state index in [1.807, 2.05) is 18.2 Å². The number of amides is 1. The molecule has 6 nitrogen and oxygen atoms in total. The summed E-state index contributed by atoms with van der Waals surface area (Å²) in [5, 5.41) is 11.8. The molecule has 1 saturated carbocycles. The third kappa shape index (κ3) is 3.96. The van der Waals surface area contributed by atoms with Gasteiger partial charge in [-0.3, -0.25) is 9.78 Å². The number of carbonyl (C=O) groups is 2. The van der Waals surface area contributed by atoms with E-state index in [-0.39, 0.29) is 0 Å². The Kier molecular flexibility index (Phi) is 5.98. The highest BCUT2D eigenvalue weighted by molar-refractivity contribution is 5.90. The zero-order valence-corrected chi connectivity index (χ0v) is 19.1. The Hall–Kier alpha value is -3.60. The van der Waals surface area contributed by atoms with Gasteiger partial charge in [0, 0.05) is 42.5 Å². The van der Waals surface area contributed by atoms with E-state index in [2.05, 4.69) is 16.4 Å². The van der Waals surface area contributed by atoms with E-state index in [1.165, 1.54) is 13.8 Å². The number of esters is 1. The summed E-state index contributed by atoms with van der Waals surface area (Å²) in [6, 6.07) is 12.9. The molecule has 2 heterocycles. The van der Waals surface area contributed by atoms with Crippen LogP contribution in [0.15, 0.2) is 48.7 Å². The summed E-state index contributed by atoms with van der Waals surface area (Å²) in [6.07, 6.45) is 3.50. The van der Waals surface area contributed by atoms with Gasteiger partial charge in [-0.25, -0.2) is 13.6 Å². The molecule has 1 N–H and O–H groups in total. The minimum atomic E-state index is -3.19. The van der Waals surface area contributed by atoms with Crippen molar-refractivity contribution in [2.45, 2.75) is 44.8 Å². The molecule has 4 rings (SSSR count). The number of nitrogens with one attached hydrogen (secondary N) is 1. The Balaban J connectivity index is 1.66. The maximum atomic E-state index is 15.1. The first kappa shape index (κ1) is 23.6. The van der Waals surface area contributed by atoms with Crippen molar-refractivity contribution in [2.75, 3.05) is 0 Å². The van der Waals surface area contributed by atoms with Gasteiger partial charge >= 0.3 is 5.97 Å². The number of halogens is 2. The van der Waals surface area contributed by atoms with Gasteiger partial charge in [0.25, 0.3) is 5.92 Å². The van der Waals surface area contributed by atoms with Crippen molar-refractivity contribution in [3.8, 4) is 17.2 Å². The van der Waals surface area contributed by atoms with Crippen LogP contribution in [0.5, 0.6) is 0 Å². The third-order valence-electron chi connectivity index (χ3n) is 6.94. The summed E-state index contributed by atoms with van der Waals surface area (Å²) in [4.78, 5) is 29.0. The first-order chi connectivity index (χ1) is 16.1. The number of cyclic esters (lactones) is 1.